The first-order chi connectivity index (χ1) is 18.6. The Hall–Kier alpha value is -2.41. The number of halogens is 3. The predicted octanol–water partition coefficient (Wildman–Crippen LogP) is 3.36. The second kappa shape index (κ2) is 11.6. The first-order valence-electron chi connectivity index (χ1n) is 13.6. The molecule has 0 saturated carbocycles. The Bertz CT molecular complexity index is 1270. The summed E-state index contributed by atoms with van der Waals surface area (Å²) in [5, 5.41) is 0. The number of morpholine rings is 1. The highest BCUT2D eigenvalue weighted by Gasteiger charge is 2.38. The summed E-state index contributed by atoms with van der Waals surface area (Å²) in [7, 11) is -4.18. The molecule has 2 aromatic rings. The van der Waals surface area contributed by atoms with Crippen LogP contribution in [0.15, 0.2) is 41.3 Å². The number of fused-ring (bicyclic) bond motifs is 1. The Kier molecular flexibility index (Phi) is 8.37. The van der Waals surface area contributed by atoms with E-state index in [-0.39, 0.29) is 18.9 Å². The Balaban J connectivity index is 1.23. The molecule has 4 heterocycles. The Labute approximate surface area is 227 Å². The number of benzene rings is 1. The van der Waals surface area contributed by atoms with Gasteiger partial charge in [-0.15, -0.1) is 0 Å². The van der Waals surface area contributed by atoms with Crippen molar-refractivity contribution in [2.75, 3.05) is 45.9 Å². The number of carbonyl (C=O) groups is 1. The highest BCUT2D eigenvalue weighted by atomic mass is 32.2. The molecule has 0 aliphatic carbocycles. The molecule has 2 saturated heterocycles. The van der Waals surface area contributed by atoms with E-state index in [4.69, 9.17) is 4.74 Å². The molecule has 5 rings (SSSR count). The van der Waals surface area contributed by atoms with E-state index in [2.05, 4.69) is 21.6 Å². The highest BCUT2D eigenvalue weighted by Crippen LogP contribution is 2.33. The average Bonchev–Trinajstić information content (AvgIpc) is 3.34. The number of hydrogen-bond acceptors (Lipinski definition) is 5. The van der Waals surface area contributed by atoms with Gasteiger partial charge in [-0.05, 0) is 43.2 Å². The summed E-state index contributed by atoms with van der Waals surface area (Å²) >= 11 is 0. The Morgan fingerprint density at radius 3 is 2.56 bits per heavy atom. The molecular weight excluding hydrogens is 533 g/mol. The van der Waals surface area contributed by atoms with Gasteiger partial charge in [-0.2, -0.15) is 17.5 Å². The lowest BCUT2D eigenvalue weighted by Gasteiger charge is -2.36. The van der Waals surface area contributed by atoms with Crippen LogP contribution in [0.2, 0.25) is 0 Å². The van der Waals surface area contributed by atoms with E-state index in [1.807, 2.05) is 0 Å². The fourth-order valence-electron chi connectivity index (χ4n) is 5.80. The molecule has 1 amide bonds. The van der Waals surface area contributed by atoms with Crippen LogP contribution in [-0.4, -0.2) is 85.0 Å². The lowest BCUT2D eigenvalue weighted by molar-refractivity contribution is -0.137. The van der Waals surface area contributed by atoms with Crippen molar-refractivity contribution >= 4 is 15.9 Å². The third kappa shape index (κ3) is 6.34. The molecule has 2 fully saturated rings. The quantitative estimate of drug-likeness (QED) is 0.512. The number of piperidine rings is 1. The molecule has 3 aliphatic rings. The van der Waals surface area contributed by atoms with Gasteiger partial charge in [0.25, 0.3) is 0 Å². The molecule has 12 heteroatoms. The number of alkyl halides is 3. The van der Waals surface area contributed by atoms with Crippen LogP contribution in [-0.2, 0) is 45.2 Å². The fraction of sp³-hybridized carbons (Fsp3) is 0.593. The fourth-order valence-corrected chi connectivity index (χ4v) is 7.54. The van der Waals surface area contributed by atoms with Crippen LogP contribution < -0.4 is 0 Å². The van der Waals surface area contributed by atoms with E-state index in [9.17, 15) is 26.4 Å². The van der Waals surface area contributed by atoms with Crippen molar-refractivity contribution in [2.45, 2.75) is 62.3 Å². The molecule has 0 N–H and O–H groups in total. The minimum atomic E-state index is -4.64. The summed E-state index contributed by atoms with van der Waals surface area (Å²) in [6, 6.07) is 7.43. The van der Waals surface area contributed by atoms with Gasteiger partial charge in [0, 0.05) is 69.5 Å². The molecule has 214 valence electrons. The first kappa shape index (κ1) is 28.1. The molecular formula is C27H35F3N4O4S. The Morgan fingerprint density at radius 2 is 1.79 bits per heavy atom. The molecule has 0 spiro atoms. The third-order valence-corrected chi connectivity index (χ3v) is 9.95. The van der Waals surface area contributed by atoms with Crippen molar-refractivity contribution < 1.29 is 31.1 Å². The zero-order valence-electron chi connectivity index (χ0n) is 21.9. The first-order valence-corrected chi connectivity index (χ1v) is 15.0. The average molecular weight is 569 g/mol. The number of carbonyl (C=O) groups excluding carboxylic acids is 1. The van der Waals surface area contributed by atoms with E-state index < -0.39 is 32.7 Å². The molecule has 0 radical (unpaired) electrons. The maximum Gasteiger partial charge on any atom is 0.416 e. The smallest absolute Gasteiger partial charge is 0.379 e. The maximum atomic E-state index is 13.4. The highest BCUT2D eigenvalue weighted by molar-refractivity contribution is 7.89. The number of aromatic nitrogens is 1. The van der Waals surface area contributed by atoms with Crippen molar-refractivity contribution in [3.63, 3.8) is 0 Å². The van der Waals surface area contributed by atoms with Gasteiger partial charge in [-0.25, -0.2) is 8.42 Å². The van der Waals surface area contributed by atoms with Crippen molar-refractivity contribution in [1.29, 1.82) is 0 Å². The van der Waals surface area contributed by atoms with E-state index >= 15 is 0 Å². The standard InChI is InChI=1S/C27H35F3N4O4S/c28-27(29,30)21-4-3-6-25(18-21)39(36,37)34-10-2-1-5-23(34)19-26(35)32-12-13-33-22(7-8-24(33)20-32)9-11-31-14-16-38-17-15-31/h3-4,6-8,18,23H,1-2,5,9-17,19-20H2. The van der Waals surface area contributed by atoms with Gasteiger partial charge >= 0.3 is 6.18 Å². The van der Waals surface area contributed by atoms with Crippen molar-refractivity contribution in [2.24, 2.45) is 0 Å². The third-order valence-electron chi connectivity index (χ3n) is 8.00. The van der Waals surface area contributed by atoms with Crippen molar-refractivity contribution in [3.05, 3.63) is 53.3 Å². The van der Waals surface area contributed by atoms with Crippen molar-refractivity contribution in [1.82, 2.24) is 18.7 Å². The van der Waals surface area contributed by atoms with Gasteiger partial charge in [-0.1, -0.05) is 12.5 Å². The van der Waals surface area contributed by atoms with Gasteiger partial charge in [-0.3, -0.25) is 9.69 Å². The van der Waals surface area contributed by atoms with Gasteiger partial charge < -0.3 is 14.2 Å². The lowest BCUT2D eigenvalue weighted by Crippen LogP contribution is -2.47. The van der Waals surface area contributed by atoms with Crippen LogP contribution in [0, 0.1) is 0 Å². The van der Waals surface area contributed by atoms with E-state index in [0.29, 0.717) is 38.5 Å². The van der Waals surface area contributed by atoms with Gasteiger partial charge in [0.15, 0.2) is 0 Å². The minimum Gasteiger partial charge on any atom is -0.379 e. The van der Waals surface area contributed by atoms with Gasteiger partial charge in [0.05, 0.1) is 30.2 Å². The summed E-state index contributed by atoms with van der Waals surface area (Å²) in [6.07, 6.45) is -1.83. The zero-order valence-corrected chi connectivity index (χ0v) is 22.7. The number of nitrogens with zero attached hydrogens (tertiary/aromatic N) is 4. The zero-order chi connectivity index (χ0) is 27.6. The van der Waals surface area contributed by atoms with Gasteiger partial charge in [0.2, 0.25) is 15.9 Å². The number of rotatable bonds is 7. The summed E-state index contributed by atoms with van der Waals surface area (Å²) in [6.45, 7) is 6.26. The van der Waals surface area contributed by atoms with Crippen LogP contribution in [0.1, 0.15) is 42.6 Å². The van der Waals surface area contributed by atoms with E-state index in [1.54, 1.807) is 4.90 Å². The monoisotopic (exact) mass is 568 g/mol. The molecule has 3 aliphatic heterocycles. The predicted molar refractivity (Wildman–Crippen MR) is 138 cm³/mol. The number of amides is 1. The van der Waals surface area contributed by atoms with Crippen LogP contribution in [0.5, 0.6) is 0 Å². The summed E-state index contributed by atoms with van der Waals surface area (Å²) in [5.74, 6) is -0.131. The normalized spacial score (nSPS) is 21.6. The molecule has 1 atom stereocenters. The largest absolute Gasteiger partial charge is 0.416 e. The maximum absolute atomic E-state index is 13.4. The lowest BCUT2D eigenvalue weighted by atomic mass is 10.0. The molecule has 1 aromatic heterocycles. The van der Waals surface area contributed by atoms with E-state index in [0.717, 1.165) is 63.5 Å². The Morgan fingerprint density at radius 1 is 1.00 bits per heavy atom. The second-order valence-electron chi connectivity index (χ2n) is 10.5. The SMILES string of the molecule is O=C(CC1CCCCN1S(=O)(=O)c1cccc(C(F)(F)F)c1)N1CCn2c(CCN3CCOCC3)ccc2C1. The number of ether oxygens (including phenoxy) is 1. The minimum absolute atomic E-state index is 0.0167. The topological polar surface area (TPSA) is 75.1 Å². The number of hydrogen-bond donors (Lipinski definition) is 0. The van der Waals surface area contributed by atoms with E-state index in [1.165, 1.54) is 16.1 Å². The van der Waals surface area contributed by atoms with Crippen LogP contribution in [0.3, 0.4) is 0 Å². The molecule has 8 nitrogen and oxygen atoms in total. The van der Waals surface area contributed by atoms with Crippen LogP contribution in [0.25, 0.3) is 0 Å². The summed E-state index contributed by atoms with van der Waals surface area (Å²) in [5.41, 5.74) is 1.30. The van der Waals surface area contributed by atoms with Gasteiger partial charge in [0.1, 0.15) is 0 Å². The number of sulfonamides is 1. The van der Waals surface area contributed by atoms with Crippen LogP contribution >= 0.6 is 0 Å². The molecule has 1 unspecified atom stereocenters. The molecule has 39 heavy (non-hydrogen) atoms. The second-order valence-corrected chi connectivity index (χ2v) is 12.4. The molecule has 0 bridgehead atoms. The molecule has 1 aromatic carbocycles. The summed E-state index contributed by atoms with van der Waals surface area (Å²) < 4.78 is 75.4. The van der Waals surface area contributed by atoms with Crippen molar-refractivity contribution in [3.8, 4) is 0 Å². The summed E-state index contributed by atoms with van der Waals surface area (Å²) in [4.78, 5) is 17.1. The van der Waals surface area contributed by atoms with Crippen LogP contribution in [0.4, 0.5) is 13.2 Å².